The fourth-order valence-electron chi connectivity index (χ4n) is 3.33. The lowest BCUT2D eigenvalue weighted by molar-refractivity contribution is -0.139. The van der Waals surface area contributed by atoms with Crippen molar-refractivity contribution < 1.29 is 9.59 Å². The van der Waals surface area contributed by atoms with Gasteiger partial charge in [-0.3, -0.25) is 9.59 Å². The van der Waals surface area contributed by atoms with E-state index in [-0.39, 0.29) is 0 Å². The third-order valence-corrected chi connectivity index (χ3v) is 5.19. The lowest BCUT2D eigenvalue weighted by Gasteiger charge is -2.05. The molecular formula is C26H22N4O2. The number of rotatable bonds is 4. The average Bonchev–Trinajstić information content (AvgIpc) is 2.84. The fraction of sp³-hybridized carbons (Fsp3) is 0.0769. The van der Waals surface area contributed by atoms with Crippen LogP contribution in [-0.2, 0) is 9.59 Å². The van der Waals surface area contributed by atoms with E-state index in [2.05, 4.69) is 21.1 Å². The van der Waals surface area contributed by atoms with Gasteiger partial charge >= 0.3 is 11.8 Å². The molecule has 0 atom stereocenters. The standard InChI is InChI=1S/C26H22N4O2/c1-17(21-13-11-19-7-3-5-9-23(19)15-21)27-29-25(31)26(32)30-28-18(2)22-14-12-20-8-4-6-10-24(20)16-22/h3-16H,1-2H3,(H,29,31)(H,30,32). The summed E-state index contributed by atoms with van der Waals surface area (Å²) in [5.74, 6) is -1.78. The second kappa shape index (κ2) is 9.22. The molecule has 6 heteroatoms. The van der Waals surface area contributed by atoms with Crippen LogP contribution in [0.25, 0.3) is 21.5 Å². The molecule has 0 unspecified atom stereocenters. The van der Waals surface area contributed by atoms with Crippen LogP contribution in [0.3, 0.4) is 0 Å². The smallest absolute Gasteiger partial charge is 0.262 e. The number of nitrogens with zero attached hydrogens (tertiary/aromatic N) is 2. The highest BCUT2D eigenvalue weighted by Gasteiger charge is 2.13. The van der Waals surface area contributed by atoms with Crippen molar-refractivity contribution in [2.45, 2.75) is 13.8 Å². The SMILES string of the molecule is CC(=NNC(=O)C(=O)NN=C(C)c1ccc2ccccc2c1)c1ccc2ccccc2c1. The number of hydrogen-bond donors (Lipinski definition) is 2. The van der Waals surface area contributed by atoms with Gasteiger partial charge in [0.15, 0.2) is 0 Å². The van der Waals surface area contributed by atoms with E-state index in [9.17, 15) is 9.59 Å². The molecule has 0 bridgehead atoms. The Morgan fingerprint density at radius 1 is 0.562 bits per heavy atom. The molecule has 2 amide bonds. The van der Waals surface area contributed by atoms with E-state index in [4.69, 9.17) is 0 Å². The predicted molar refractivity (Wildman–Crippen MR) is 129 cm³/mol. The van der Waals surface area contributed by atoms with Gasteiger partial charge in [-0.1, -0.05) is 72.8 Å². The molecule has 0 aromatic heterocycles. The van der Waals surface area contributed by atoms with Crippen LogP contribution in [0.5, 0.6) is 0 Å². The van der Waals surface area contributed by atoms with Crippen LogP contribution in [0.4, 0.5) is 0 Å². The van der Waals surface area contributed by atoms with Gasteiger partial charge in [-0.2, -0.15) is 10.2 Å². The van der Waals surface area contributed by atoms with E-state index >= 15 is 0 Å². The molecule has 4 rings (SSSR count). The van der Waals surface area contributed by atoms with Crippen molar-refractivity contribution in [3.63, 3.8) is 0 Å². The van der Waals surface area contributed by atoms with Crippen LogP contribution < -0.4 is 10.9 Å². The van der Waals surface area contributed by atoms with Gasteiger partial charge in [0.05, 0.1) is 11.4 Å². The largest absolute Gasteiger partial charge is 0.331 e. The summed E-state index contributed by atoms with van der Waals surface area (Å²) in [5.41, 5.74) is 7.46. The first kappa shape index (κ1) is 20.9. The van der Waals surface area contributed by atoms with Crippen LogP contribution >= 0.6 is 0 Å². The van der Waals surface area contributed by atoms with Gasteiger partial charge in [-0.25, -0.2) is 10.9 Å². The Labute approximate surface area is 185 Å². The topological polar surface area (TPSA) is 82.9 Å². The van der Waals surface area contributed by atoms with Crippen LogP contribution in [0.15, 0.2) is 95.1 Å². The first-order valence-corrected chi connectivity index (χ1v) is 10.2. The monoisotopic (exact) mass is 422 g/mol. The van der Waals surface area contributed by atoms with E-state index < -0.39 is 11.8 Å². The minimum Gasteiger partial charge on any atom is -0.262 e. The number of carbonyl (C=O) groups is 2. The third kappa shape index (κ3) is 4.70. The van der Waals surface area contributed by atoms with Gasteiger partial charge in [0, 0.05) is 0 Å². The van der Waals surface area contributed by atoms with E-state index in [1.54, 1.807) is 13.8 Å². The van der Waals surface area contributed by atoms with Crippen molar-refractivity contribution in [1.82, 2.24) is 10.9 Å². The van der Waals surface area contributed by atoms with Crippen LogP contribution in [0, 0.1) is 0 Å². The predicted octanol–water partition coefficient (Wildman–Crippen LogP) is 4.37. The minimum atomic E-state index is -0.889. The number of hydrazone groups is 2. The molecule has 2 N–H and O–H groups in total. The summed E-state index contributed by atoms with van der Waals surface area (Å²) in [6.45, 7) is 3.54. The Morgan fingerprint density at radius 3 is 1.34 bits per heavy atom. The Kier molecular flexibility index (Phi) is 6.03. The zero-order valence-corrected chi connectivity index (χ0v) is 17.8. The number of fused-ring (bicyclic) bond motifs is 2. The van der Waals surface area contributed by atoms with Crippen molar-refractivity contribution in [1.29, 1.82) is 0 Å². The molecule has 0 radical (unpaired) electrons. The summed E-state index contributed by atoms with van der Waals surface area (Å²) < 4.78 is 0. The molecule has 0 aliphatic carbocycles. The van der Waals surface area contributed by atoms with Crippen molar-refractivity contribution in [3.05, 3.63) is 96.1 Å². The van der Waals surface area contributed by atoms with Gasteiger partial charge in [-0.05, 0) is 58.7 Å². The van der Waals surface area contributed by atoms with Gasteiger partial charge in [0.2, 0.25) is 0 Å². The minimum absolute atomic E-state index is 0.591. The summed E-state index contributed by atoms with van der Waals surface area (Å²) in [4.78, 5) is 24.2. The maximum absolute atomic E-state index is 12.1. The summed E-state index contributed by atoms with van der Waals surface area (Å²) in [6, 6.07) is 27.7. The second-order valence-electron chi connectivity index (χ2n) is 7.40. The molecule has 0 fully saturated rings. The summed E-state index contributed by atoms with van der Waals surface area (Å²) in [7, 11) is 0. The van der Waals surface area contributed by atoms with Crippen molar-refractivity contribution >= 4 is 44.8 Å². The highest BCUT2D eigenvalue weighted by molar-refractivity contribution is 6.35. The molecule has 0 aliphatic rings. The molecular weight excluding hydrogens is 400 g/mol. The fourth-order valence-corrected chi connectivity index (χ4v) is 3.33. The lowest BCUT2D eigenvalue weighted by Crippen LogP contribution is -2.36. The molecule has 6 nitrogen and oxygen atoms in total. The van der Waals surface area contributed by atoms with Crippen molar-refractivity contribution in [2.24, 2.45) is 10.2 Å². The molecule has 0 spiro atoms. The van der Waals surface area contributed by atoms with Gasteiger partial charge in [-0.15, -0.1) is 0 Å². The summed E-state index contributed by atoms with van der Waals surface area (Å²) in [6.07, 6.45) is 0. The Hall–Kier alpha value is -4.32. The summed E-state index contributed by atoms with van der Waals surface area (Å²) >= 11 is 0. The molecule has 0 aliphatic heterocycles. The normalized spacial score (nSPS) is 12.1. The van der Waals surface area contributed by atoms with E-state index in [1.165, 1.54) is 0 Å². The third-order valence-electron chi connectivity index (χ3n) is 5.19. The maximum Gasteiger partial charge on any atom is 0.331 e. The molecule has 0 saturated heterocycles. The van der Waals surface area contributed by atoms with E-state index in [1.807, 2.05) is 84.9 Å². The molecule has 32 heavy (non-hydrogen) atoms. The first-order valence-electron chi connectivity index (χ1n) is 10.2. The first-order chi connectivity index (χ1) is 15.5. The number of carbonyl (C=O) groups excluding carboxylic acids is 2. The van der Waals surface area contributed by atoms with E-state index in [0.717, 1.165) is 32.7 Å². The number of hydrogen-bond acceptors (Lipinski definition) is 4. The van der Waals surface area contributed by atoms with E-state index in [0.29, 0.717) is 11.4 Å². The molecule has 4 aromatic rings. The van der Waals surface area contributed by atoms with Crippen molar-refractivity contribution in [3.8, 4) is 0 Å². The zero-order valence-electron chi connectivity index (χ0n) is 17.8. The van der Waals surface area contributed by atoms with Crippen LogP contribution in [-0.4, -0.2) is 23.2 Å². The second-order valence-corrected chi connectivity index (χ2v) is 7.40. The number of amides is 2. The molecule has 4 aromatic carbocycles. The van der Waals surface area contributed by atoms with Gasteiger partial charge in [0.1, 0.15) is 0 Å². The Morgan fingerprint density at radius 2 is 0.938 bits per heavy atom. The Bertz CT molecular complexity index is 1280. The van der Waals surface area contributed by atoms with Crippen LogP contribution in [0.1, 0.15) is 25.0 Å². The molecule has 0 heterocycles. The Balaban J connectivity index is 1.39. The van der Waals surface area contributed by atoms with Gasteiger partial charge in [0.25, 0.3) is 0 Å². The maximum atomic E-state index is 12.1. The quantitative estimate of drug-likeness (QED) is 0.291. The molecule has 158 valence electrons. The highest BCUT2D eigenvalue weighted by atomic mass is 16.2. The van der Waals surface area contributed by atoms with Crippen LogP contribution in [0.2, 0.25) is 0 Å². The highest BCUT2D eigenvalue weighted by Crippen LogP contribution is 2.17. The van der Waals surface area contributed by atoms with Gasteiger partial charge < -0.3 is 0 Å². The number of benzene rings is 4. The summed E-state index contributed by atoms with van der Waals surface area (Å²) in [5, 5.41) is 12.5. The molecule has 0 saturated carbocycles. The number of nitrogens with one attached hydrogen (secondary N) is 2. The lowest BCUT2D eigenvalue weighted by atomic mass is 10.0. The average molecular weight is 422 g/mol. The zero-order chi connectivity index (χ0) is 22.5. The van der Waals surface area contributed by atoms with Crippen molar-refractivity contribution in [2.75, 3.05) is 0 Å².